The van der Waals surface area contributed by atoms with Crippen molar-refractivity contribution < 1.29 is 4.74 Å². The van der Waals surface area contributed by atoms with E-state index in [-0.39, 0.29) is 0 Å². The van der Waals surface area contributed by atoms with Crippen molar-refractivity contribution in [3.05, 3.63) is 124 Å². The average molecular weight is 425 g/mol. The number of allylic oxidation sites excluding steroid dienone is 14. The van der Waals surface area contributed by atoms with Gasteiger partial charge in [-0.3, -0.25) is 4.57 Å². The van der Waals surface area contributed by atoms with Crippen LogP contribution in [0.5, 0.6) is 11.5 Å². The minimum atomic E-state index is 0.322. The number of nitrogens with zero attached hydrogens (tertiary/aromatic N) is 2. The minimum absolute atomic E-state index is 0.322. The van der Waals surface area contributed by atoms with E-state index in [1.807, 2.05) is 18.2 Å². The summed E-state index contributed by atoms with van der Waals surface area (Å²) in [5, 5.41) is 0. The van der Waals surface area contributed by atoms with E-state index >= 15 is 0 Å². The van der Waals surface area contributed by atoms with Crippen LogP contribution in [0.15, 0.2) is 113 Å². The normalized spacial score (nSPS) is 21.1. The lowest BCUT2D eigenvalue weighted by Gasteiger charge is -2.37. The van der Waals surface area contributed by atoms with E-state index in [4.69, 9.17) is 9.72 Å². The first-order chi connectivity index (χ1) is 16.3. The van der Waals surface area contributed by atoms with Crippen LogP contribution in [0.25, 0.3) is 22.3 Å². The van der Waals surface area contributed by atoms with Crippen molar-refractivity contribution in [3.8, 4) is 17.2 Å². The number of benzene rings is 2. The molecule has 3 heteroatoms. The smallest absolute Gasteiger partial charge is 0.153 e. The molecule has 4 aliphatic carbocycles. The summed E-state index contributed by atoms with van der Waals surface area (Å²) in [7, 11) is 0. The molecule has 8 rings (SSSR count). The van der Waals surface area contributed by atoms with Crippen LogP contribution in [-0.4, -0.2) is 9.55 Å². The second-order valence-corrected chi connectivity index (χ2v) is 9.21. The number of rotatable bonds is 1. The molecule has 1 unspecified atom stereocenters. The summed E-state index contributed by atoms with van der Waals surface area (Å²) < 4.78 is 8.64. The molecule has 2 aromatic carbocycles. The highest BCUT2D eigenvalue weighted by molar-refractivity contribution is 5.90. The molecular weight excluding hydrogens is 404 g/mol. The third-order valence-electron chi connectivity index (χ3n) is 7.41. The van der Waals surface area contributed by atoms with Crippen LogP contribution in [0.3, 0.4) is 0 Å². The van der Waals surface area contributed by atoms with Gasteiger partial charge in [0.05, 0.1) is 11.2 Å². The molecule has 0 fully saturated rings. The van der Waals surface area contributed by atoms with Crippen LogP contribution in [-0.2, 0) is 0 Å². The van der Waals surface area contributed by atoms with Gasteiger partial charge in [0.2, 0.25) is 0 Å². The first-order valence-corrected chi connectivity index (χ1v) is 11.5. The Hall–Kier alpha value is -4.11. The van der Waals surface area contributed by atoms with Crippen molar-refractivity contribution >= 4 is 16.6 Å². The van der Waals surface area contributed by atoms with Crippen LogP contribution in [0.4, 0.5) is 0 Å². The van der Waals surface area contributed by atoms with Gasteiger partial charge in [0.1, 0.15) is 11.3 Å². The minimum Gasteiger partial charge on any atom is -0.453 e. The van der Waals surface area contributed by atoms with Gasteiger partial charge in [-0.15, -0.1) is 0 Å². The average Bonchev–Trinajstić information content (AvgIpc) is 3.19. The highest BCUT2D eigenvalue weighted by Gasteiger charge is 2.35. The summed E-state index contributed by atoms with van der Waals surface area (Å²) in [6.07, 6.45) is 19.2. The molecule has 1 aromatic heterocycles. The molecule has 1 atom stereocenters. The van der Waals surface area contributed by atoms with E-state index in [1.165, 1.54) is 39.0 Å². The molecule has 0 spiro atoms. The lowest BCUT2D eigenvalue weighted by atomic mass is 9.66. The lowest BCUT2D eigenvalue weighted by molar-refractivity contribution is 0.474. The number of hydrogen-bond acceptors (Lipinski definition) is 2. The molecule has 0 bridgehead atoms. The molecule has 33 heavy (non-hydrogen) atoms. The Bertz CT molecular complexity index is 1660. The number of hydrogen-bond donors (Lipinski definition) is 0. The molecule has 0 amide bonds. The van der Waals surface area contributed by atoms with Crippen molar-refractivity contribution in [2.75, 3.05) is 0 Å². The van der Waals surface area contributed by atoms with Crippen LogP contribution in [0.1, 0.15) is 17.8 Å². The van der Waals surface area contributed by atoms with Crippen molar-refractivity contribution in [3.63, 3.8) is 0 Å². The number of ether oxygens (including phenoxy) is 1. The zero-order valence-corrected chi connectivity index (χ0v) is 18.2. The number of aryl methyl sites for hydroxylation is 1. The van der Waals surface area contributed by atoms with Crippen LogP contribution in [0.2, 0.25) is 0 Å². The van der Waals surface area contributed by atoms with E-state index in [0.29, 0.717) is 5.92 Å². The topological polar surface area (TPSA) is 27.1 Å². The van der Waals surface area contributed by atoms with E-state index in [9.17, 15) is 0 Å². The van der Waals surface area contributed by atoms with Gasteiger partial charge in [0.25, 0.3) is 0 Å². The molecule has 0 saturated heterocycles. The van der Waals surface area contributed by atoms with Crippen molar-refractivity contribution in [1.82, 2.24) is 9.55 Å². The zero-order chi connectivity index (χ0) is 21.7. The highest BCUT2D eigenvalue weighted by Crippen LogP contribution is 2.51. The molecular formula is C30H20N2O. The standard InChI is InChI=1S/C30H20N2O/c1-17-31-24-9-4-10-26-30(24)32(17)25-14-13-20(16-27(25)33-26)23-15-21-7-2-5-18-11-12-19-6-3-8-22(23)29(19)28(18)21/h2-6,8-16,29H,7H2,1H3. The molecule has 0 saturated carbocycles. The first kappa shape index (κ1) is 17.4. The molecule has 0 N–H and O–H groups in total. The Labute approximate surface area is 191 Å². The number of fused-ring (bicyclic) bond motifs is 2. The summed E-state index contributed by atoms with van der Waals surface area (Å²) in [4.78, 5) is 4.75. The summed E-state index contributed by atoms with van der Waals surface area (Å²) >= 11 is 0. The quantitative estimate of drug-likeness (QED) is 0.327. The molecule has 5 aliphatic rings. The number of aromatic nitrogens is 2. The van der Waals surface area contributed by atoms with Gasteiger partial charge in [-0.2, -0.15) is 0 Å². The first-order valence-electron chi connectivity index (χ1n) is 11.5. The van der Waals surface area contributed by atoms with Gasteiger partial charge in [-0.25, -0.2) is 4.98 Å². The highest BCUT2D eigenvalue weighted by atomic mass is 16.5. The Morgan fingerprint density at radius 3 is 2.97 bits per heavy atom. The van der Waals surface area contributed by atoms with Crippen molar-refractivity contribution in [2.45, 2.75) is 13.3 Å². The van der Waals surface area contributed by atoms with E-state index < -0.39 is 0 Å². The molecule has 0 radical (unpaired) electrons. The van der Waals surface area contributed by atoms with Crippen LogP contribution >= 0.6 is 0 Å². The predicted molar refractivity (Wildman–Crippen MR) is 132 cm³/mol. The predicted octanol–water partition coefficient (Wildman–Crippen LogP) is 7.07. The Morgan fingerprint density at radius 2 is 2.00 bits per heavy atom. The maximum absolute atomic E-state index is 6.42. The largest absolute Gasteiger partial charge is 0.453 e. The van der Waals surface area contributed by atoms with Gasteiger partial charge < -0.3 is 4.74 Å². The van der Waals surface area contributed by atoms with Gasteiger partial charge in [0.15, 0.2) is 11.5 Å². The Balaban J connectivity index is 1.34. The Kier molecular flexibility index (Phi) is 3.18. The van der Waals surface area contributed by atoms with Gasteiger partial charge in [-0.1, -0.05) is 60.7 Å². The summed E-state index contributed by atoms with van der Waals surface area (Å²) in [6, 6.07) is 12.7. The molecule has 3 aromatic rings. The Morgan fingerprint density at radius 1 is 1.03 bits per heavy atom. The van der Waals surface area contributed by atoms with E-state index in [2.05, 4.69) is 78.3 Å². The molecule has 2 heterocycles. The maximum atomic E-state index is 6.42. The van der Waals surface area contributed by atoms with Crippen LogP contribution in [0, 0.1) is 12.8 Å². The second kappa shape index (κ2) is 6.02. The second-order valence-electron chi connectivity index (χ2n) is 9.21. The fraction of sp³-hybridized carbons (Fsp3) is 0.100. The molecule has 1 aliphatic heterocycles. The molecule has 156 valence electrons. The van der Waals surface area contributed by atoms with Gasteiger partial charge in [-0.05, 0) is 76.6 Å². The third-order valence-corrected chi connectivity index (χ3v) is 7.41. The van der Waals surface area contributed by atoms with Gasteiger partial charge >= 0.3 is 0 Å². The monoisotopic (exact) mass is 424 g/mol. The number of imidazole rings is 1. The molecule has 3 nitrogen and oxygen atoms in total. The maximum Gasteiger partial charge on any atom is 0.153 e. The third kappa shape index (κ3) is 2.21. The SMILES string of the molecule is Cc1nc2cccc3c2n1-c1ccc(C2=C4C=CC=C5C=CC6=C(C(=C2)CC=C6)C54)cc1O3. The fourth-order valence-corrected chi connectivity index (χ4v) is 6.04. The summed E-state index contributed by atoms with van der Waals surface area (Å²) in [5.41, 5.74) is 12.6. The van der Waals surface area contributed by atoms with Crippen LogP contribution < -0.4 is 4.74 Å². The zero-order valence-electron chi connectivity index (χ0n) is 18.2. The summed E-state index contributed by atoms with van der Waals surface area (Å²) in [6.45, 7) is 2.06. The van der Waals surface area contributed by atoms with Gasteiger partial charge in [0, 0.05) is 5.92 Å². The van der Waals surface area contributed by atoms with E-state index in [1.54, 1.807) is 0 Å². The number of para-hydroxylation sites is 1. The van der Waals surface area contributed by atoms with E-state index in [0.717, 1.165) is 40.5 Å². The fourth-order valence-electron chi connectivity index (χ4n) is 6.04. The van der Waals surface area contributed by atoms with Crippen molar-refractivity contribution in [2.24, 2.45) is 5.92 Å². The van der Waals surface area contributed by atoms with Crippen molar-refractivity contribution in [1.29, 1.82) is 0 Å². The lowest BCUT2D eigenvalue weighted by Crippen LogP contribution is -2.22. The summed E-state index contributed by atoms with van der Waals surface area (Å²) in [5.74, 6) is 3.05.